The molecule has 0 saturated heterocycles. The quantitative estimate of drug-likeness (QED) is 0.881. The fourth-order valence-electron chi connectivity index (χ4n) is 1.27. The summed E-state index contributed by atoms with van der Waals surface area (Å²) in [5.74, 6) is 0.530. The van der Waals surface area contributed by atoms with Crippen LogP contribution in [0.2, 0.25) is 5.02 Å². The van der Waals surface area contributed by atoms with Gasteiger partial charge in [0.2, 0.25) is 0 Å². The minimum atomic E-state index is -0.428. The molecule has 0 fully saturated rings. The first-order valence-corrected chi connectivity index (χ1v) is 5.28. The van der Waals surface area contributed by atoms with Crippen LogP contribution in [0.15, 0.2) is 30.6 Å². The normalized spacial score (nSPS) is 10.2. The molecule has 88 valence electrons. The minimum Gasteiger partial charge on any atom is -0.382 e. The van der Waals surface area contributed by atoms with E-state index in [1.54, 1.807) is 12.1 Å². The Hall–Kier alpha value is -1.88. The van der Waals surface area contributed by atoms with Crippen LogP contribution in [-0.4, -0.2) is 9.97 Å². The molecule has 0 aliphatic carbocycles. The molecule has 2 rings (SSSR count). The second-order valence-corrected chi connectivity index (χ2v) is 3.84. The Labute approximate surface area is 103 Å². The molecule has 0 aliphatic heterocycles. The predicted molar refractivity (Wildman–Crippen MR) is 65.2 cm³/mol. The van der Waals surface area contributed by atoms with Crippen LogP contribution in [-0.2, 0) is 6.54 Å². The molecule has 0 aliphatic rings. The summed E-state index contributed by atoms with van der Waals surface area (Å²) in [5.41, 5.74) is 6.27. The van der Waals surface area contributed by atoms with Crippen LogP contribution in [0.5, 0.6) is 0 Å². The summed E-state index contributed by atoms with van der Waals surface area (Å²) in [4.78, 5) is 7.92. The van der Waals surface area contributed by atoms with Crippen molar-refractivity contribution in [2.45, 2.75) is 6.54 Å². The predicted octanol–water partition coefficient (Wildman–Crippen LogP) is 2.46. The zero-order chi connectivity index (χ0) is 12.3. The molecule has 0 amide bonds. The number of benzene rings is 1. The van der Waals surface area contributed by atoms with Gasteiger partial charge in [-0.25, -0.2) is 14.4 Å². The monoisotopic (exact) mass is 252 g/mol. The molecule has 17 heavy (non-hydrogen) atoms. The number of nitrogens with two attached hydrogens (primary N) is 1. The number of nitrogens with zero attached hydrogens (tertiary/aromatic N) is 2. The lowest BCUT2D eigenvalue weighted by atomic mass is 10.2. The van der Waals surface area contributed by atoms with Crippen LogP contribution < -0.4 is 11.1 Å². The van der Waals surface area contributed by atoms with Crippen LogP contribution >= 0.6 is 11.6 Å². The van der Waals surface area contributed by atoms with Crippen LogP contribution in [0.3, 0.4) is 0 Å². The standard InChI is InChI=1S/C11H10ClFN4/c12-8-3-7(1-2-9(8)13)4-16-11-6-15-10(14)5-17-11/h1-3,5-6H,4H2,(H2,14,15)(H,16,17). The van der Waals surface area contributed by atoms with Crippen molar-refractivity contribution in [3.8, 4) is 0 Å². The molecule has 1 aromatic heterocycles. The Balaban J connectivity index is 2.02. The van der Waals surface area contributed by atoms with Gasteiger partial charge < -0.3 is 11.1 Å². The molecule has 4 nitrogen and oxygen atoms in total. The molecule has 3 N–H and O–H groups in total. The maximum atomic E-state index is 12.9. The number of rotatable bonds is 3. The van der Waals surface area contributed by atoms with Crippen molar-refractivity contribution in [3.63, 3.8) is 0 Å². The lowest BCUT2D eigenvalue weighted by molar-refractivity contribution is 0.627. The van der Waals surface area contributed by atoms with Gasteiger partial charge in [0.05, 0.1) is 17.4 Å². The first-order chi connectivity index (χ1) is 8.15. The van der Waals surface area contributed by atoms with E-state index >= 15 is 0 Å². The highest BCUT2D eigenvalue weighted by atomic mass is 35.5. The number of halogens is 2. The minimum absolute atomic E-state index is 0.104. The molecule has 0 unspecified atom stereocenters. The lowest BCUT2D eigenvalue weighted by Gasteiger charge is -2.06. The van der Waals surface area contributed by atoms with Crippen LogP contribution in [0, 0.1) is 5.82 Å². The first-order valence-electron chi connectivity index (χ1n) is 4.90. The van der Waals surface area contributed by atoms with Crippen LogP contribution in [0.4, 0.5) is 16.0 Å². The molecular formula is C11H10ClFN4. The fraction of sp³-hybridized carbons (Fsp3) is 0.0909. The number of hydrogen-bond donors (Lipinski definition) is 2. The molecule has 2 aromatic rings. The van der Waals surface area contributed by atoms with Crippen molar-refractivity contribution >= 4 is 23.2 Å². The molecular weight excluding hydrogens is 243 g/mol. The molecule has 6 heteroatoms. The van der Waals surface area contributed by atoms with Gasteiger partial charge in [0.1, 0.15) is 17.5 Å². The van der Waals surface area contributed by atoms with Crippen molar-refractivity contribution in [2.75, 3.05) is 11.1 Å². The maximum absolute atomic E-state index is 12.9. The highest BCUT2D eigenvalue weighted by molar-refractivity contribution is 6.30. The summed E-state index contributed by atoms with van der Waals surface area (Å²) >= 11 is 5.67. The molecule has 1 aromatic carbocycles. The molecule has 0 atom stereocenters. The van der Waals surface area contributed by atoms with Gasteiger partial charge in [-0.2, -0.15) is 0 Å². The van der Waals surface area contributed by atoms with Crippen molar-refractivity contribution in [3.05, 3.63) is 47.0 Å². The fourth-order valence-corrected chi connectivity index (χ4v) is 1.47. The van der Waals surface area contributed by atoms with Gasteiger partial charge in [-0.1, -0.05) is 17.7 Å². The van der Waals surface area contributed by atoms with Gasteiger partial charge in [0.15, 0.2) is 0 Å². The molecule has 0 radical (unpaired) electrons. The second kappa shape index (κ2) is 4.97. The smallest absolute Gasteiger partial charge is 0.144 e. The molecule has 1 heterocycles. The Morgan fingerprint density at radius 2 is 2.12 bits per heavy atom. The van der Waals surface area contributed by atoms with Crippen molar-refractivity contribution < 1.29 is 4.39 Å². The number of anilines is 2. The third-order valence-corrected chi connectivity index (χ3v) is 2.42. The Bertz CT molecular complexity index is 515. The van der Waals surface area contributed by atoms with E-state index in [1.807, 2.05) is 0 Å². The van der Waals surface area contributed by atoms with E-state index in [0.717, 1.165) is 5.56 Å². The average Bonchev–Trinajstić information content (AvgIpc) is 2.33. The van der Waals surface area contributed by atoms with Crippen molar-refractivity contribution in [2.24, 2.45) is 0 Å². The topological polar surface area (TPSA) is 63.8 Å². The summed E-state index contributed by atoms with van der Waals surface area (Å²) in [6.45, 7) is 0.485. The highest BCUT2D eigenvalue weighted by Gasteiger charge is 2.01. The van der Waals surface area contributed by atoms with Gasteiger partial charge in [-0.15, -0.1) is 0 Å². The molecule has 0 bridgehead atoms. The van der Waals surface area contributed by atoms with Gasteiger partial charge in [0, 0.05) is 6.54 Å². The van der Waals surface area contributed by atoms with Gasteiger partial charge in [0.25, 0.3) is 0 Å². The average molecular weight is 253 g/mol. The van der Waals surface area contributed by atoms with Gasteiger partial charge in [-0.05, 0) is 17.7 Å². The number of nitrogens with one attached hydrogen (secondary N) is 1. The Morgan fingerprint density at radius 3 is 2.76 bits per heavy atom. The molecule has 0 spiro atoms. The summed E-state index contributed by atoms with van der Waals surface area (Å²) in [7, 11) is 0. The number of hydrogen-bond acceptors (Lipinski definition) is 4. The molecule has 0 saturated carbocycles. The van der Waals surface area contributed by atoms with E-state index in [-0.39, 0.29) is 5.02 Å². The Morgan fingerprint density at radius 1 is 1.29 bits per heavy atom. The first kappa shape index (κ1) is 11.6. The summed E-state index contributed by atoms with van der Waals surface area (Å²) in [6.07, 6.45) is 2.99. The van der Waals surface area contributed by atoms with E-state index in [2.05, 4.69) is 15.3 Å². The van der Waals surface area contributed by atoms with E-state index in [0.29, 0.717) is 18.2 Å². The Kier molecular flexibility index (Phi) is 3.39. The van der Waals surface area contributed by atoms with E-state index in [9.17, 15) is 4.39 Å². The third kappa shape index (κ3) is 3.04. The van der Waals surface area contributed by atoms with Crippen LogP contribution in [0.1, 0.15) is 5.56 Å². The lowest BCUT2D eigenvalue weighted by Crippen LogP contribution is -2.02. The van der Waals surface area contributed by atoms with E-state index < -0.39 is 5.82 Å². The number of aromatic nitrogens is 2. The summed E-state index contributed by atoms with van der Waals surface area (Å²) in [5, 5.41) is 3.13. The third-order valence-electron chi connectivity index (χ3n) is 2.13. The summed E-state index contributed by atoms with van der Waals surface area (Å²) in [6, 6.07) is 4.54. The zero-order valence-electron chi connectivity index (χ0n) is 8.82. The van der Waals surface area contributed by atoms with Crippen molar-refractivity contribution in [1.29, 1.82) is 0 Å². The van der Waals surface area contributed by atoms with E-state index in [4.69, 9.17) is 17.3 Å². The van der Waals surface area contributed by atoms with E-state index in [1.165, 1.54) is 18.5 Å². The SMILES string of the molecule is Nc1cnc(NCc2ccc(F)c(Cl)c2)cn1. The summed E-state index contributed by atoms with van der Waals surface area (Å²) < 4.78 is 12.9. The van der Waals surface area contributed by atoms with Crippen molar-refractivity contribution in [1.82, 2.24) is 9.97 Å². The van der Waals surface area contributed by atoms with Gasteiger partial charge >= 0.3 is 0 Å². The van der Waals surface area contributed by atoms with Crippen LogP contribution in [0.25, 0.3) is 0 Å². The zero-order valence-corrected chi connectivity index (χ0v) is 9.58. The number of nitrogen functional groups attached to an aromatic ring is 1. The highest BCUT2D eigenvalue weighted by Crippen LogP contribution is 2.16. The van der Waals surface area contributed by atoms with Gasteiger partial charge in [-0.3, -0.25) is 0 Å². The maximum Gasteiger partial charge on any atom is 0.144 e. The second-order valence-electron chi connectivity index (χ2n) is 3.43. The largest absolute Gasteiger partial charge is 0.382 e.